The van der Waals surface area contributed by atoms with E-state index in [1.165, 1.54) is 6.26 Å². The molecule has 0 saturated carbocycles. The lowest BCUT2D eigenvalue weighted by atomic mass is 10.5. The Balaban J connectivity index is 4.84. The molecule has 0 saturated heterocycles. The van der Waals surface area contributed by atoms with Crippen LogP contribution >= 0.6 is 0 Å². The van der Waals surface area contributed by atoms with Crippen LogP contribution < -0.4 is 0 Å². The van der Waals surface area contributed by atoms with Gasteiger partial charge in [-0.25, -0.2) is 0 Å². The Hall–Kier alpha value is -0.363. The van der Waals surface area contributed by atoms with Crippen molar-refractivity contribution >= 4 is 8.80 Å². The molecule has 0 aromatic rings. The standard InChI is InChI=1S/C11H24O4Si/c1-6-11(12-7-2)16(13-8-3,14-9-4)15-10-5/h7,11H,2,6,8-10H2,1,3-5H3. The molecule has 0 heterocycles. The van der Waals surface area contributed by atoms with Crippen molar-refractivity contribution in [2.45, 2.75) is 39.8 Å². The molecule has 0 fully saturated rings. The van der Waals surface area contributed by atoms with Crippen LogP contribution in [0.5, 0.6) is 0 Å². The summed E-state index contributed by atoms with van der Waals surface area (Å²) in [6, 6.07) is 0. The predicted molar refractivity (Wildman–Crippen MR) is 66.0 cm³/mol. The Labute approximate surface area is 99.9 Å². The number of hydrogen-bond acceptors (Lipinski definition) is 4. The molecule has 1 unspecified atom stereocenters. The van der Waals surface area contributed by atoms with Gasteiger partial charge in [0.1, 0.15) is 0 Å². The zero-order valence-corrected chi connectivity index (χ0v) is 11.8. The minimum atomic E-state index is -2.74. The monoisotopic (exact) mass is 248 g/mol. The molecule has 1 atom stereocenters. The summed E-state index contributed by atoms with van der Waals surface area (Å²) in [5.74, 6) is 0. The lowest BCUT2D eigenvalue weighted by molar-refractivity contribution is 0.0164. The number of hydrogen-bond donors (Lipinski definition) is 0. The van der Waals surface area contributed by atoms with E-state index in [1.807, 2.05) is 27.7 Å². The second kappa shape index (κ2) is 8.75. The molecule has 0 aliphatic carbocycles. The molecular formula is C11H24O4Si. The summed E-state index contributed by atoms with van der Waals surface area (Å²) < 4.78 is 22.7. The lowest BCUT2D eigenvalue weighted by Crippen LogP contribution is -2.57. The highest BCUT2D eigenvalue weighted by atomic mass is 28.4. The summed E-state index contributed by atoms with van der Waals surface area (Å²) in [6.45, 7) is 13.1. The van der Waals surface area contributed by atoms with Gasteiger partial charge in [-0.2, -0.15) is 0 Å². The van der Waals surface area contributed by atoms with Crippen molar-refractivity contribution in [3.05, 3.63) is 12.8 Å². The highest BCUT2D eigenvalue weighted by molar-refractivity contribution is 6.62. The summed E-state index contributed by atoms with van der Waals surface area (Å²) in [4.78, 5) is 0. The zero-order valence-electron chi connectivity index (χ0n) is 10.8. The Morgan fingerprint density at radius 3 is 1.69 bits per heavy atom. The molecule has 16 heavy (non-hydrogen) atoms. The highest BCUT2D eigenvalue weighted by Gasteiger charge is 2.50. The fourth-order valence-corrected chi connectivity index (χ4v) is 4.33. The minimum absolute atomic E-state index is 0.176. The smallest absolute Gasteiger partial charge is 0.494 e. The average molecular weight is 248 g/mol. The first-order valence-electron chi connectivity index (χ1n) is 5.88. The van der Waals surface area contributed by atoms with Gasteiger partial charge >= 0.3 is 8.80 Å². The normalized spacial score (nSPS) is 13.5. The van der Waals surface area contributed by atoms with Crippen LogP contribution in [0.25, 0.3) is 0 Å². The maximum atomic E-state index is 5.74. The van der Waals surface area contributed by atoms with E-state index in [2.05, 4.69) is 6.58 Å². The van der Waals surface area contributed by atoms with Crippen molar-refractivity contribution in [2.24, 2.45) is 0 Å². The fraction of sp³-hybridized carbons (Fsp3) is 0.818. The minimum Gasteiger partial charge on any atom is -0.494 e. The molecule has 0 rings (SSSR count). The van der Waals surface area contributed by atoms with E-state index in [4.69, 9.17) is 18.0 Å². The Morgan fingerprint density at radius 1 is 1.00 bits per heavy atom. The molecule has 0 spiro atoms. The van der Waals surface area contributed by atoms with Gasteiger partial charge in [0.25, 0.3) is 0 Å². The summed E-state index contributed by atoms with van der Waals surface area (Å²) in [5, 5.41) is 0. The molecule has 4 nitrogen and oxygen atoms in total. The molecule has 0 bridgehead atoms. The van der Waals surface area contributed by atoms with Gasteiger partial charge in [0.2, 0.25) is 0 Å². The Kier molecular flexibility index (Phi) is 8.55. The summed E-state index contributed by atoms with van der Waals surface area (Å²) in [6.07, 6.45) is 2.20. The molecule has 0 amide bonds. The molecule has 0 radical (unpaired) electrons. The Bertz CT molecular complexity index is 170. The SMILES string of the molecule is C=COC(CC)[Si](OCC)(OCC)OCC. The van der Waals surface area contributed by atoms with E-state index in [-0.39, 0.29) is 5.73 Å². The maximum Gasteiger partial charge on any atom is 0.543 e. The molecular weight excluding hydrogens is 224 g/mol. The van der Waals surface area contributed by atoms with Crippen LogP contribution in [0, 0.1) is 0 Å². The predicted octanol–water partition coefficient (Wildman–Crippen LogP) is 2.51. The largest absolute Gasteiger partial charge is 0.543 e. The Morgan fingerprint density at radius 2 is 1.44 bits per heavy atom. The lowest BCUT2D eigenvalue weighted by Gasteiger charge is -2.33. The highest BCUT2D eigenvalue weighted by Crippen LogP contribution is 2.20. The van der Waals surface area contributed by atoms with Gasteiger partial charge in [0.05, 0.1) is 6.26 Å². The van der Waals surface area contributed by atoms with E-state index in [9.17, 15) is 0 Å². The van der Waals surface area contributed by atoms with Crippen molar-refractivity contribution in [1.29, 1.82) is 0 Å². The van der Waals surface area contributed by atoms with E-state index in [0.717, 1.165) is 6.42 Å². The van der Waals surface area contributed by atoms with Gasteiger partial charge in [-0.1, -0.05) is 13.5 Å². The van der Waals surface area contributed by atoms with Crippen molar-refractivity contribution < 1.29 is 18.0 Å². The first kappa shape index (κ1) is 15.6. The summed E-state index contributed by atoms with van der Waals surface area (Å²) in [5.41, 5.74) is -0.176. The number of rotatable bonds is 10. The van der Waals surface area contributed by atoms with Crippen molar-refractivity contribution in [3.63, 3.8) is 0 Å². The molecule has 0 aliphatic heterocycles. The first-order chi connectivity index (χ1) is 7.70. The third kappa shape index (κ3) is 4.25. The van der Waals surface area contributed by atoms with E-state index < -0.39 is 8.80 Å². The number of ether oxygens (including phenoxy) is 1. The third-order valence-electron chi connectivity index (χ3n) is 2.06. The quantitative estimate of drug-likeness (QED) is 0.440. The second-order valence-corrected chi connectivity index (χ2v) is 5.82. The van der Waals surface area contributed by atoms with Gasteiger partial charge in [-0.05, 0) is 27.2 Å². The van der Waals surface area contributed by atoms with Crippen molar-refractivity contribution in [2.75, 3.05) is 19.8 Å². The second-order valence-electron chi connectivity index (χ2n) is 3.10. The van der Waals surface area contributed by atoms with Crippen LogP contribution in [-0.2, 0) is 18.0 Å². The van der Waals surface area contributed by atoms with E-state index in [0.29, 0.717) is 19.8 Å². The van der Waals surface area contributed by atoms with Gasteiger partial charge in [-0.3, -0.25) is 0 Å². The van der Waals surface area contributed by atoms with Gasteiger partial charge < -0.3 is 18.0 Å². The van der Waals surface area contributed by atoms with Crippen molar-refractivity contribution in [3.8, 4) is 0 Å². The van der Waals surface area contributed by atoms with Crippen molar-refractivity contribution in [1.82, 2.24) is 0 Å². The maximum absolute atomic E-state index is 5.74. The summed E-state index contributed by atoms with van der Waals surface area (Å²) in [7, 11) is -2.74. The van der Waals surface area contributed by atoms with Crippen LogP contribution in [0.2, 0.25) is 0 Å². The molecule has 96 valence electrons. The first-order valence-corrected chi connectivity index (χ1v) is 7.69. The topological polar surface area (TPSA) is 36.9 Å². The van der Waals surface area contributed by atoms with Gasteiger partial charge in [-0.15, -0.1) is 0 Å². The van der Waals surface area contributed by atoms with Crippen LogP contribution in [-0.4, -0.2) is 34.4 Å². The zero-order chi connectivity index (χ0) is 12.4. The van der Waals surface area contributed by atoms with Gasteiger partial charge in [0.15, 0.2) is 5.73 Å². The molecule has 0 N–H and O–H groups in total. The molecule has 0 aromatic heterocycles. The fourth-order valence-electron chi connectivity index (χ4n) is 1.55. The average Bonchev–Trinajstić information content (AvgIpc) is 2.26. The van der Waals surface area contributed by atoms with Crippen LogP contribution in [0.15, 0.2) is 12.8 Å². The van der Waals surface area contributed by atoms with Crippen LogP contribution in [0.4, 0.5) is 0 Å². The molecule has 0 aromatic carbocycles. The van der Waals surface area contributed by atoms with Crippen LogP contribution in [0.3, 0.4) is 0 Å². The molecule has 5 heteroatoms. The van der Waals surface area contributed by atoms with Gasteiger partial charge in [0, 0.05) is 19.8 Å². The van der Waals surface area contributed by atoms with E-state index in [1.54, 1.807) is 0 Å². The molecule has 0 aliphatic rings. The van der Waals surface area contributed by atoms with E-state index >= 15 is 0 Å². The third-order valence-corrected chi connectivity index (χ3v) is 5.47. The van der Waals surface area contributed by atoms with Crippen LogP contribution in [0.1, 0.15) is 34.1 Å². The summed E-state index contributed by atoms with van der Waals surface area (Å²) >= 11 is 0.